The van der Waals surface area contributed by atoms with Gasteiger partial charge in [0, 0.05) is 25.8 Å². The van der Waals surface area contributed by atoms with Gasteiger partial charge >= 0.3 is 0 Å². The third kappa shape index (κ3) is 5.50. The summed E-state index contributed by atoms with van der Waals surface area (Å²) in [6.07, 6.45) is 1.52. The molecule has 0 saturated carbocycles. The molecule has 0 atom stereocenters. The van der Waals surface area contributed by atoms with Gasteiger partial charge in [-0.25, -0.2) is 9.67 Å². The van der Waals surface area contributed by atoms with Crippen LogP contribution < -0.4 is 4.74 Å². The molecule has 3 aromatic heterocycles. The lowest BCUT2D eigenvalue weighted by atomic mass is 10.1. The van der Waals surface area contributed by atoms with Crippen LogP contribution in [0.1, 0.15) is 5.82 Å². The Hall–Kier alpha value is -3.89. The maximum absolute atomic E-state index is 6.25. The molecule has 10 heteroatoms. The SMILES string of the molecule is C[Si](C)(C)CCOCn1ncnc1COc1nn2c(-c3ccccc3)nnc2cc1-c1ccccc1. The largest absolute Gasteiger partial charge is 0.468 e. The molecular weight excluding hydrogens is 470 g/mol. The van der Waals surface area contributed by atoms with Gasteiger partial charge in [-0.15, -0.1) is 15.3 Å². The maximum atomic E-state index is 6.25. The van der Waals surface area contributed by atoms with E-state index in [0.717, 1.165) is 22.7 Å². The van der Waals surface area contributed by atoms with E-state index < -0.39 is 8.07 Å². The number of benzene rings is 2. The molecule has 0 spiro atoms. The average molecular weight is 500 g/mol. The molecule has 0 unspecified atom stereocenters. The molecule has 9 nitrogen and oxygen atoms in total. The summed E-state index contributed by atoms with van der Waals surface area (Å²) in [6.45, 7) is 8.24. The van der Waals surface area contributed by atoms with Crippen LogP contribution >= 0.6 is 0 Å². The van der Waals surface area contributed by atoms with Crippen LogP contribution in [0.2, 0.25) is 25.7 Å². The standard InChI is InChI=1S/C26H29N7O2Si/c1-36(2,3)15-14-34-19-32-24(27-18-28-32)17-35-26-22(20-10-6-4-7-11-20)16-23-29-30-25(33(23)31-26)21-12-8-5-9-13-21/h4-13,16,18H,14-15,17,19H2,1-3H3. The quantitative estimate of drug-likeness (QED) is 0.198. The number of hydrogen-bond donors (Lipinski definition) is 0. The van der Waals surface area contributed by atoms with Crippen molar-refractivity contribution < 1.29 is 9.47 Å². The Morgan fingerprint density at radius 2 is 1.61 bits per heavy atom. The number of rotatable bonds is 10. The summed E-state index contributed by atoms with van der Waals surface area (Å²) in [6, 6.07) is 22.9. The van der Waals surface area contributed by atoms with Gasteiger partial charge in [0.15, 0.2) is 17.3 Å². The van der Waals surface area contributed by atoms with Crippen LogP contribution in [-0.4, -0.2) is 49.3 Å². The summed E-state index contributed by atoms with van der Waals surface area (Å²) >= 11 is 0. The minimum absolute atomic E-state index is 0.193. The summed E-state index contributed by atoms with van der Waals surface area (Å²) in [4.78, 5) is 4.37. The Balaban J connectivity index is 1.42. The predicted molar refractivity (Wildman–Crippen MR) is 140 cm³/mol. The van der Waals surface area contributed by atoms with Crippen molar-refractivity contribution in [3.05, 3.63) is 78.9 Å². The smallest absolute Gasteiger partial charge is 0.240 e. The summed E-state index contributed by atoms with van der Waals surface area (Å²) in [5.74, 6) is 1.77. The van der Waals surface area contributed by atoms with E-state index in [1.165, 1.54) is 6.33 Å². The molecule has 3 heterocycles. The lowest BCUT2D eigenvalue weighted by Crippen LogP contribution is -2.22. The van der Waals surface area contributed by atoms with Gasteiger partial charge in [0.25, 0.3) is 0 Å². The van der Waals surface area contributed by atoms with Crippen LogP contribution in [0.3, 0.4) is 0 Å². The molecule has 36 heavy (non-hydrogen) atoms. The summed E-state index contributed by atoms with van der Waals surface area (Å²) in [5.41, 5.74) is 3.36. The van der Waals surface area contributed by atoms with Crippen molar-refractivity contribution in [1.29, 1.82) is 0 Å². The van der Waals surface area contributed by atoms with Gasteiger partial charge in [-0.3, -0.25) is 0 Å². The number of fused-ring (bicyclic) bond motifs is 1. The molecule has 184 valence electrons. The summed E-state index contributed by atoms with van der Waals surface area (Å²) < 4.78 is 15.5. The molecule has 5 rings (SSSR count). The van der Waals surface area contributed by atoms with E-state index in [0.29, 0.717) is 36.5 Å². The lowest BCUT2D eigenvalue weighted by molar-refractivity contribution is 0.0731. The number of hydrogen-bond acceptors (Lipinski definition) is 7. The lowest BCUT2D eigenvalue weighted by Gasteiger charge is -2.15. The van der Waals surface area contributed by atoms with Crippen LogP contribution in [0, 0.1) is 0 Å². The highest BCUT2D eigenvalue weighted by Crippen LogP contribution is 2.31. The van der Waals surface area contributed by atoms with Gasteiger partial charge in [-0.05, 0) is 17.7 Å². The van der Waals surface area contributed by atoms with Crippen molar-refractivity contribution in [3.63, 3.8) is 0 Å². The Kier molecular flexibility index (Phi) is 6.87. The molecule has 2 aromatic carbocycles. The first-order valence-electron chi connectivity index (χ1n) is 11.9. The maximum Gasteiger partial charge on any atom is 0.240 e. The third-order valence-corrected chi connectivity index (χ3v) is 7.42. The summed E-state index contributed by atoms with van der Waals surface area (Å²) in [7, 11) is -1.15. The molecule has 5 aromatic rings. The molecule has 0 radical (unpaired) electrons. The highest BCUT2D eigenvalue weighted by molar-refractivity contribution is 6.76. The van der Waals surface area contributed by atoms with Crippen molar-refractivity contribution in [3.8, 4) is 28.4 Å². The zero-order valence-electron chi connectivity index (χ0n) is 20.7. The fourth-order valence-electron chi connectivity index (χ4n) is 3.68. The normalized spacial score (nSPS) is 11.8. The Labute approximate surface area is 210 Å². The van der Waals surface area contributed by atoms with E-state index in [2.05, 4.69) is 39.9 Å². The first-order chi connectivity index (χ1) is 17.5. The molecule has 0 saturated heterocycles. The number of aromatic nitrogens is 7. The van der Waals surface area contributed by atoms with Crippen molar-refractivity contribution in [2.24, 2.45) is 0 Å². The first kappa shape index (κ1) is 23.8. The minimum atomic E-state index is -1.15. The second kappa shape index (κ2) is 10.4. The van der Waals surface area contributed by atoms with Crippen molar-refractivity contribution >= 4 is 13.7 Å². The second-order valence-electron chi connectivity index (χ2n) is 9.70. The zero-order valence-corrected chi connectivity index (χ0v) is 21.7. The van der Waals surface area contributed by atoms with Crippen molar-refractivity contribution in [2.75, 3.05) is 6.61 Å². The Morgan fingerprint density at radius 1 is 0.889 bits per heavy atom. The predicted octanol–water partition coefficient (Wildman–Crippen LogP) is 4.94. The molecular formula is C26H29N7O2Si. The van der Waals surface area contributed by atoms with E-state index in [-0.39, 0.29) is 6.61 Å². The van der Waals surface area contributed by atoms with Gasteiger partial charge in [-0.2, -0.15) is 9.61 Å². The Morgan fingerprint density at radius 3 is 2.33 bits per heavy atom. The molecule has 0 aliphatic rings. The molecule has 0 aliphatic carbocycles. The molecule has 0 N–H and O–H groups in total. The van der Waals surface area contributed by atoms with Crippen LogP contribution in [-0.2, 0) is 18.1 Å². The molecule has 0 bridgehead atoms. The van der Waals surface area contributed by atoms with E-state index in [1.807, 2.05) is 66.7 Å². The van der Waals surface area contributed by atoms with E-state index in [4.69, 9.17) is 14.6 Å². The second-order valence-corrected chi connectivity index (χ2v) is 15.3. The first-order valence-corrected chi connectivity index (χ1v) is 15.6. The van der Waals surface area contributed by atoms with Crippen LogP contribution in [0.15, 0.2) is 73.1 Å². The van der Waals surface area contributed by atoms with E-state index in [9.17, 15) is 0 Å². The minimum Gasteiger partial charge on any atom is -0.468 e. The monoisotopic (exact) mass is 499 g/mol. The Bertz CT molecular complexity index is 1430. The number of nitrogens with zero attached hydrogens (tertiary/aromatic N) is 7. The average Bonchev–Trinajstić information content (AvgIpc) is 3.51. The third-order valence-electron chi connectivity index (χ3n) is 5.72. The molecule has 0 amide bonds. The van der Waals surface area contributed by atoms with Crippen LogP contribution in [0.25, 0.3) is 28.2 Å². The molecule has 0 fully saturated rings. The van der Waals surface area contributed by atoms with Crippen LogP contribution in [0.5, 0.6) is 5.88 Å². The topological polar surface area (TPSA) is 92.2 Å². The van der Waals surface area contributed by atoms with Gasteiger partial charge in [0.05, 0.1) is 0 Å². The van der Waals surface area contributed by atoms with Crippen molar-refractivity contribution in [1.82, 2.24) is 34.6 Å². The summed E-state index contributed by atoms with van der Waals surface area (Å²) in [5, 5.41) is 17.8. The number of ether oxygens (including phenoxy) is 2. The van der Waals surface area contributed by atoms with Gasteiger partial charge in [0.1, 0.15) is 19.7 Å². The van der Waals surface area contributed by atoms with Gasteiger partial charge in [0.2, 0.25) is 5.88 Å². The van der Waals surface area contributed by atoms with E-state index >= 15 is 0 Å². The highest BCUT2D eigenvalue weighted by atomic mass is 28.3. The van der Waals surface area contributed by atoms with Gasteiger partial charge in [-0.1, -0.05) is 80.3 Å². The molecule has 0 aliphatic heterocycles. The van der Waals surface area contributed by atoms with Crippen LogP contribution in [0.4, 0.5) is 0 Å². The zero-order chi connectivity index (χ0) is 25.0. The highest BCUT2D eigenvalue weighted by Gasteiger charge is 2.17. The fraction of sp³-hybridized carbons (Fsp3) is 0.269. The van der Waals surface area contributed by atoms with E-state index in [1.54, 1.807) is 9.20 Å². The van der Waals surface area contributed by atoms with Crippen molar-refractivity contribution in [2.45, 2.75) is 39.0 Å². The fourth-order valence-corrected chi connectivity index (χ4v) is 4.44. The van der Waals surface area contributed by atoms with Gasteiger partial charge < -0.3 is 9.47 Å².